The molecule has 0 unspecified atom stereocenters. The number of methoxy groups -OCH3 is 1. The minimum Gasteiger partial charge on any atom is -0.495 e. The van der Waals surface area contributed by atoms with E-state index in [2.05, 4.69) is 4.98 Å². The zero-order valence-electron chi connectivity index (χ0n) is 9.64. The highest BCUT2D eigenvalue weighted by Gasteiger charge is 2.09. The van der Waals surface area contributed by atoms with E-state index in [-0.39, 0.29) is 6.61 Å². The van der Waals surface area contributed by atoms with E-state index in [4.69, 9.17) is 21.4 Å². The maximum Gasteiger partial charge on any atom is 0.140 e. The summed E-state index contributed by atoms with van der Waals surface area (Å²) >= 11 is 6.06. The Morgan fingerprint density at radius 3 is 2.76 bits per heavy atom. The first-order chi connectivity index (χ1) is 8.15. The van der Waals surface area contributed by atoms with Gasteiger partial charge >= 0.3 is 0 Å². The fourth-order valence-electron chi connectivity index (χ4n) is 1.68. The van der Waals surface area contributed by atoms with Gasteiger partial charge in [-0.3, -0.25) is 0 Å². The highest BCUT2D eigenvalue weighted by Crippen LogP contribution is 2.29. The molecule has 90 valence electrons. The zero-order valence-corrected chi connectivity index (χ0v) is 10.4. The number of aliphatic hydroxyl groups excluding tert-OH is 1. The van der Waals surface area contributed by atoms with Crippen LogP contribution in [0.15, 0.2) is 24.4 Å². The molecule has 2 aromatic rings. The van der Waals surface area contributed by atoms with Crippen LogP contribution < -0.4 is 4.74 Å². The molecule has 0 fully saturated rings. The van der Waals surface area contributed by atoms with Gasteiger partial charge in [-0.25, -0.2) is 4.98 Å². The topological polar surface area (TPSA) is 47.3 Å². The van der Waals surface area contributed by atoms with Crippen LogP contribution >= 0.6 is 11.6 Å². The monoisotopic (exact) mass is 252 g/mol. The van der Waals surface area contributed by atoms with Crippen LogP contribution in [-0.2, 0) is 13.7 Å². The molecule has 5 heteroatoms. The Kier molecular flexibility index (Phi) is 3.36. The van der Waals surface area contributed by atoms with Crippen LogP contribution in [0.3, 0.4) is 0 Å². The molecule has 0 saturated carbocycles. The molecular formula is C12H13ClN2O2. The van der Waals surface area contributed by atoms with Gasteiger partial charge in [0.05, 0.1) is 24.4 Å². The molecule has 0 aliphatic heterocycles. The average Bonchev–Trinajstić information content (AvgIpc) is 2.70. The predicted octanol–water partition coefficient (Wildman–Crippen LogP) is 2.24. The largest absolute Gasteiger partial charge is 0.495 e. The number of aliphatic hydroxyl groups is 1. The Morgan fingerprint density at radius 2 is 2.24 bits per heavy atom. The van der Waals surface area contributed by atoms with Crippen molar-refractivity contribution >= 4 is 11.6 Å². The summed E-state index contributed by atoms with van der Waals surface area (Å²) in [5.41, 5.74) is 1.52. The smallest absolute Gasteiger partial charge is 0.140 e. The molecule has 1 heterocycles. The van der Waals surface area contributed by atoms with Gasteiger partial charge in [0, 0.05) is 18.8 Å². The molecule has 0 amide bonds. The number of nitrogens with zero attached hydrogens (tertiary/aromatic N) is 2. The van der Waals surface area contributed by atoms with Gasteiger partial charge in [-0.1, -0.05) is 11.6 Å². The molecule has 0 atom stereocenters. The molecule has 1 aromatic heterocycles. The minimum absolute atomic E-state index is 0.0717. The highest BCUT2D eigenvalue weighted by molar-refractivity contribution is 6.32. The second-order valence-corrected chi connectivity index (χ2v) is 4.08. The van der Waals surface area contributed by atoms with Gasteiger partial charge in [0.2, 0.25) is 0 Å². The van der Waals surface area contributed by atoms with E-state index < -0.39 is 0 Å². The maximum absolute atomic E-state index is 9.04. The molecule has 17 heavy (non-hydrogen) atoms. The normalized spacial score (nSPS) is 10.6. The molecule has 4 nitrogen and oxygen atoms in total. The van der Waals surface area contributed by atoms with Gasteiger partial charge < -0.3 is 14.4 Å². The highest BCUT2D eigenvalue weighted by atomic mass is 35.5. The number of aromatic nitrogens is 2. The third-order valence-corrected chi connectivity index (χ3v) is 2.79. The third kappa shape index (κ3) is 2.28. The standard InChI is InChI=1S/C12H13ClN2O2/c1-15-6-9(7-16)14-12(15)8-3-4-11(17-2)10(13)5-8/h3-6,16H,7H2,1-2H3. The van der Waals surface area contributed by atoms with Gasteiger partial charge in [-0.15, -0.1) is 0 Å². The van der Waals surface area contributed by atoms with Crippen molar-refractivity contribution in [1.29, 1.82) is 0 Å². The van der Waals surface area contributed by atoms with Crippen molar-refractivity contribution in [3.63, 3.8) is 0 Å². The first-order valence-corrected chi connectivity index (χ1v) is 5.50. The minimum atomic E-state index is -0.0717. The van der Waals surface area contributed by atoms with E-state index in [1.807, 2.05) is 17.7 Å². The van der Waals surface area contributed by atoms with Crippen LogP contribution in [0.1, 0.15) is 5.69 Å². The molecule has 0 aliphatic carbocycles. The fourth-order valence-corrected chi connectivity index (χ4v) is 1.94. The summed E-state index contributed by atoms with van der Waals surface area (Å²) in [6, 6.07) is 5.48. The van der Waals surface area contributed by atoms with Gasteiger partial charge in [0.15, 0.2) is 0 Å². The molecule has 1 aromatic carbocycles. The van der Waals surface area contributed by atoms with Crippen molar-refractivity contribution in [3.05, 3.63) is 35.1 Å². The number of aryl methyl sites for hydroxylation is 1. The molecule has 0 spiro atoms. The second-order valence-electron chi connectivity index (χ2n) is 3.67. The molecule has 0 radical (unpaired) electrons. The quantitative estimate of drug-likeness (QED) is 0.911. The first kappa shape index (κ1) is 12.0. The molecule has 0 bridgehead atoms. The third-order valence-electron chi connectivity index (χ3n) is 2.50. The Hall–Kier alpha value is -1.52. The Balaban J connectivity index is 2.45. The Morgan fingerprint density at radius 1 is 1.47 bits per heavy atom. The molecule has 1 N–H and O–H groups in total. The number of hydrogen-bond acceptors (Lipinski definition) is 3. The van der Waals surface area contributed by atoms with Crippen LogP contribution in [0.2, 0.25) is 5.02 Å². The van der Waals surface area contributed by atoms with E-state index in [1.54, 1.807) is 25.4 Å². The number of hydrogen-bond donors (Lipinski definition) is 1. The summed E-state index contributed by atoms with van der Waals surface area (Å²) in [4.78, 5) is 4.31. The summed E-state index contributed by atoms with van der Waals surface area (Å²) in [6.45, 7) is -0.0717. The van der Waals surface area contributed by atoms with Crippen LogP contribution in [0.5, 0.6) is 5.75 Å². The van der Waals surface area contributed by atoms with Gasteiger partial charge in [0.25, 0.3) is 0 Å². The van der Waals surface area contributed by atoms with Gasteiger partial charge in [0.1, 0.15) is 11.6 Å². The van der Waals surface area contributed by atoms with E-state index in [9.17, 15) is 0 Å². The van der Waals surface area contributed by atoms with Crippen LogP contribution in [-0.4, -0.2) is 21.8 Å². The van der Waals surface area contributed by atoms with Crippen LogP contribution in [0.4, 0.5) is 0 Å². The van der Waals surface area contributed by atoms with Crippen LogP contribution in [0.25, 0.3) is 11.4 Å². The SMILES string of the molecule is COc1ccc(-c2nc(CO)cn2C)cc1Cl. The maximum atomic E-state index is 9.04. The zero-order chi connectivity index (χ0) is 12.4. The number of rotatable bonds is 3. The fraction of sp³-hybridized carbons (Fsp3) is 0.250. The lowest BCUT2D eigenvalue weighted by molar-refractivity contribution is 0.277. The Labute approximate surface area is 104 Å². The molecule has 0 saturated heterocycles. The molecular weight excluding hydrogens is 240 g/mol. The number of imidazole rings is 1. The number of halogens is 1. The summed E-state index contributed by atoms with van der Waals surface area (Å²) in [7, 11) is 3.45. The lowest BCUT2D eigenvalue weighted by Gasteiger charge is -2.05. The lowest BCUT2D eigenvalue weighted by Crippen LogP contribution is -1.92. The summed E-state index contributed by atoms with van der Waals surface area (Å²) in [5, 5.41) is 9.58. The van der Waals surface area contributed by atoms with Crippen molar-refractivity contribution < 1.29 is 9.84 Å². The summed E-state index contributed by atoms with van der Waals surface area (Å²) < 4.78 is 6.94. The second kappa shape index (κ2) is 4.77. The number of benzene rings is 1. The van der Waals surface area contributed by atoms with E-state index in [0.717, 1.165) is 11.4 Å². The van der Waals surface area contributed by atoms with Crippen molar-refractivity contribution in [3.8, 4) is 17.1 Å². The predicted molar refractivity (Wildman–Crippen MR) is 66.1 cm³/mol. The van der Waals surface area contributed by atoms with Crippen molar-refractivity contribution in [2.75, 3.05) is 7.11 Å². The molecule has 2 rings (SSSR count). The summed E-state index contributed by atoms with van der Waals surface area (Å²) in [5.74, 6) is 1.39. The van der Waals surface area contributed by atoms with Gasteiger partial charge in [-0.05, 0) is 18.2 Å². The molecule has 0 aliphatic rings. The van der Waals surface area contributed by atoms with E-state index in [1.165, 1.54) is 0 Å². The Bertz CT molecular complexity index is 537. The van der Waals surface area contributed by atoms with Gasteiger partial charge in [-0.2, -0.15) is 0 Å². The van der Waals surface area contributed by atoms with Crippen molar-refractivity contribution in [2.45, 2.75) is 6.61 Å². The lowest BCUT2D eigenvalue weighted by atomic mass is 10.2. The van der Waals surface area contributed by atoms with Crippen LogP contribution in [0, 0.1) is 0 Å². The summed E-state index contributed by atoms with van der Waals surface area (Å²) in [6.07, 6.45) is 1.79. The average molecular weight is 253 g/mol. The van der Waals surface area contributed by atoms with E-state index >= 15 is 0 Å². The van der Waals surface area contributed by atoms with Crippen molar-refractivity contribution in [1.82, 2.24) is 9.55 Å². The van der Waals surface area contributed by atoms with E-state index in [0.29, 0.717) is 16.5 Å². The first-order valence-electron chi connectivity index (χ1n) is 5.12. The number of ether oxygens (including phenoxy) is 1. The van der Waals surface area contributed by atoms with Crippen molar-refractivity contribution in [2.24, 2.45) is 7.05 Å².